The molecule has 32 heavy (non-hydrogen) atoms. The molecular formula is C22H26ClN5O3S. The largest absolute Gasteiger partial charge is 0.495 e. The van der Waals surface area contributed by atoms with E-state index in [0.29, 0.717) is 17.4 Å². The first-order valence-corrected chi connectivity index (χ1v) is 12.0. The summed E-state index contributed by atoms with van der Waals surface area (Å²) in [6.07, 6.45) is 0. The number of nitrogens with one attached hydrogen (secondary N) is 2. The SMILES string of the molecule is CCN(CC)c1cc(C)nc(Nc2ccc(NS(=O)(=O)c3ccc(OC)c(Cl)c3)cc2)n1. The number of hydrogen-bond acceptors (Lipinski definition) is 7. The standard InChI is InChI=1S/C22H26ClN5O3S/c1-5-28(6-2)21-13-15(3)24-22(26-21)25-16-7-9-17(10-8-16)27-32(29,30)18-11-12-20(31-4)19(23)14-18/h7-14,27H,5-6H2,1-4H3,(H,24,25,26). The van der Waals surface area contributed by atoms with Crippen LogP contribution >= 0.6 is 11.6 Å². The molecular weight excluding hydrogens is 450 g/mol. The van der Waals surface area contributed by atoms with Gasteiger partial charge >= 0.3 is 0 Å². The highest BCUT2D eigenvalue weighted by Crippen LogP contribution is 2.28. The molecule has 0 fully saturated rings. The number of ether oxygens (including phenoxy) is 1. The number of sulfonamides is 1. The van der Waals surface area contributed by atoms with Crippen molar-refractivity contribution < 1.29 is 13.2 Å². The molecule has 0 amide bonds. The molecule has 170 valence electrons. The summed E-state index contributed by atoms with van der Waals surface area (Å²) in [7, 11) is -2.33. The Bertz CT molecular complexity index is 1180. The van der Waals surface area contributed by atoms with Gasteiger partial charge in [-0.1, -0.05) is 11.6 Å². The van der Waals surface area contributed by atoms with Gasteiger partial charge in [0.15, 0.2) is 0 Å². The molecule has 0 aliphatic rings. The zero-order valence-corrected chi connectivity index (χ0v) is 20.0. The van der Waals surface area contributed by atoms with Gasteiger partial charge < -0.3 is 15.0 Å². The van der Waals surface area contributed by atoms with Gasteiger partial charge in [-0.15, -0.1) is 0 Å². The Morgan fingerprint density at radius 1 is 1.00 bits per heavy atom. The second-order valence-corrected chi connectivity index (χ2v) is 9.06. The molecule has 0 bridgehead atoms. The van der Waals surface area contributed by atoms with Crippen LogP contribution in [0.15, 0.2) is 53.4 Å². The third-order valence-corrected chi connectivity index (χ3v) is 6.43. The average Bonchev–Trinajstić information content (AvgIpc) is 2.75. The Balaban J connectivity index is 1.75. The van der Waals surface area contributed by atoms with E-state index in [1.165, 1.54) is 25.3 Å². The fourth-order valence-electron chi connectivity index (χ4n) is 3.10. The van der Waals surface area contributed by atoms with Crippen molar-refractivity contribution in [2.75, 3.05) is 35.1 Å². The number of rotatable bonds is 9. The van der Waals surface area contributed by atoms with Gasteiger partial charge in [-0.05, 0) is 63.2 Å². The Morgan fingerprint density at radius 2 is 1.66 bits per heavy atom. The van der Waals surface area contributed by atoms with Gasteiger partial charge in [0.1, 0.15) is 11.6 Å². The van der Waals surface area contributed by atoms with E-state index >= 15 is 0 Å². The van der Waals surface area contributed by atoms with Crippen LogP contribution in [0.3, 0.4) is 0 Å². The molecule has 2 aromatic carbocycles. The summed E-state index contributed by atoms with van der Waals surface area (Å²) in [5.41, 5.74) is 2.00. The highest BCUT2D eigenvalue weighted by Gasteiger charge is 2.16. The number of anilines is 4. The third-order valence-electron chi connectivity index (χ3n) is 4.75. The molecule has 3 aromatic rings. The van der Waals surface area contributed by atoms with E-state index in [4.69, 9.17) is 16.3 Å². The van der Waals surface area contributed by atoms with Crippen LogP contribution in [0.5, 0.6) is 5.75 Å². The van der Waals surface area contributed by atoms with Crippen molar-refractivity contribution in [3.05, 3.63) is 59.2 Å². The van der Waals surface area contributed by atoms with Gasteiger partial charge in [-0.25, -0.2) is 13.4 Å². The summed E-state index contributed by atoms with van der Waals surface area (Å²) in [6.45, 7) is 7.77. The number of hydrogen-bond donors (Lipinski definition) is 2. The molecule has 0 saturated carbocycles. The van der Waals surface area contributed by atoms with Gasteiger partial charge in [0.05, 0.1) is 17.0 Å². The zero-order valence-electron chi connectivity index (χ0n) is 18.4. The summed E-state index contributed by atoms with van der Waals surface area (Å²) < 4.78 is 33.0. The van der Waals surface area contributed by atoms with Crippen molar-refractivity contribution in [3.63, 3.8) is 0 Å². The fourth-order valence-corrected chi connectivity index (χ4v) is 4.50. The first-order valence-electron chi connectivity index (χ1n) is 10.1. The summed E-state index contributed by atoms with van der Waals surface area (Å²) in [5.74, 6) is 1.74. The molecule has 0 aliphatic heterocycles. The Labute approximate surface area is 193 Å². The molecule has 2 N–H and O–H groups in total. The fraction of sp³-hybridized carbons (Fsp3) is 0.273. The molecule has 0 aliphatic carbocycles. The van der Waals surface area contributed by atoms with Crippen LogP contribution in [0.25, 0.3) is 0 Å². The molecule has 1 aromatic heterocycles. The van der Waals surface area contributed by atoms with E-state index in [1.54, 1.807) is 24.3 Å². The maximum absolute atomic E-state index is 12.7. The first-order chi connectivity index (χ1) is 15.2. The normalized spacial score (nSPS) is 11.2. The lowest BCUT2D eigenvalue weighted by atomic mass is 10.3. The number of methoxy groups -OCH3 is 1. The van der Waals surface area contributed by atoms with E-state index in [0.717, 1.165) is 30.3 Å². The molecule has 0 unspecified atom stereocenters. The van der Waals surface area contributed by atoms with E-state index in [1.807, 2.05) is 13.0 Å². The van der Waals surface area contributed by atoms with Gasteiger partial charge in [0, 0.05) is 36.2 Å². The number of aromatic nitrogens is 2. The minimum Gasteiger partial charge on any atom is -0.495 e. The smallest absolute Gasteiger partial charge is 0.261 e. The highest BCUT2D eigenvalue weighted by molar-refractivity contribution is 7.92. The Morgan fingerprint density at radius 3 is 2.25 bits per heavy atom. The van der Waals surface area contributed by atoms with Crippen molar-refractivity contribution in [2.24, 2.45) is 0 Å². The predicted molar refractivity (Wildman–Crippen MR) is 129 cm³/mol. The van der Waals surface area contributed by atoms with Crippen LogP contribution in [0.2, 0.25) is 5.02 Å². The first kappa shape index (κ1) is 23.6. The van der Waals surface area contributed by atoms with Gasteiger partial charge in [-0.2, -0.15) is 4.98 Å². The monoisotopic (exact) mass is 475 g/mol. The summed E-state index contributed by atoms with van der Waals surface area (Å²) in [4.78, 5) is 11.2. The van der Waals surface area contributed by atoms with E-state index < -0.39 is 10.0 Å². The minimum atomic E-state index is -3.80. The van der Waals surface area contributed by atoms with Crippen molar-refractivity contribution in [2.45, 2.75) is 25.7 Å². The van der Waals surface area contributed by atoms with Crippen molar-refractivity contribution in [1.82, 2.24) is 9.97 Å². The number of aryl methyl sites for hydroxylation is 1. The van der Waals surface area contributed by atoms with Crippen LogP contribution < -0.4 is 19.7 Å². The Kier molecular flexibility index (Phi) is 7.42. The van der Waals surface area contributed by atoms with Crippen LogP contribution in [-0.2, 0) is 10.0 Å². The maximum atomic E-state index is 12.7. The van der Waals surface area contributed by atoms with Crippen molar-refractivity contribution in [3.8, 4) is 5.75 Å². The maximum Gasteiger partial charge on any atom is 0.261 e. The van der Waals surface area contributed by atoms with Gasteiger partial charge in [0.25, 0.3) is 10.0 Å². The number of benzene rings is 2. The van der Waals surface area contributed by atoms with Crippen LogP contribution in [-0.4, -0.2) is 38.6 Å². The van der Waals surface area contributed by atoms with Crippen LogP contribution in [0.4, 0.5) is 23.1 Å². The van der Waals surface area contributed by atoms with Gasteiger partial charge in [-0.3, -0.25) is 4.72 Å². The van der Waals surface area contributed by atoms with Crippen molar-refractivity contribution >= 4 is 44.8 Å². The van der Waals surface area contributed by atoms with E-state index in [-0.39, 0.29) is 9.92 Å². The molecule has 0 saturated heterocycles. The molecule has 3 rings (SSSR count). The third kappa shape index (κ3) is 5.60. The van der Waals surface area contributed by atoms with Crippen LogP contribution in [0.1, 0.15) is 19.5 Å². The lowest BCUT2D eigenvalue weighted by Crippen LogP contribution is -2.23. The van der Waals surface area contributed by atoms with Crippen LogP contribution in [0, 0.1) is 6.92 Å². The summed E-state index contributed by atoms with van der Waals surface area (Å²) in [5, 5.41) is 3.39. The minimum absolute atomic E-state index is 0.0441. The molecule has 0 spiro atoms. The zero-order chi connectivity index (χ0) is 23.3. The lowest BCUT2D eigenvalue weighted by molar-refractivity contribution is 0.414. The second-order valence-electron chi connectivity index (χ2n) is 6.97. The molecule has 10 heteroatoms. The van der Waals surface area contributed by atoms with E-state index in [9.17, 15) is 8.42 Å². The summed E-state index contributed by atoms with van der Waals surface area (Å²) >= 11 is 6.06. The molecule has 0 atom stereocenters. The number of halogens is 1. The van der Waals surface area contributed by atoms with Crippen molar-refractivity contribution in [1.29, 1.82) is 0 Å². The molecule has 0 radical (unpaired) electrons. The molecule has 1 heterocycles. The average molecular weight is 476 g/mol. The Hall–Kier alpha value is -3.04. The van der Waals surface area contributed by atoms with E-state index in [2.05, 4.69) is 38.8 Å². The second kappa shape index (κ2) is 10.1. The topological polar surface area (TPSA) is 96.5 Å². The predicted octanol–water partition coefficient (Wildman–Crippen LogP) is 4.84. The van der Waals surface area contributed by atoms with Gasteiger partial charge in [0.2, 0.25) is 5.95 Å². The quantitative estimate of drug-likeness (QED) is 0.457. The lowest BCUT2D eigenvalue weighted by Gasteiger charge is -2.20. The highest BCUT2D eigenvalue weighted by atomic mass is 35.5. The number of nitrogens with zero attached hydrogens (tertiary/aromatic N) is 3. The molecule has 8 nitrogen and oxygen atoms in total. The summed E-state index contributed by atoms with van der Waals surface area (Å²) in [6, 6.07) is 13.1.